The van der Waals surface area contributed by atoms with Crippen LogP contribution in [-0.2, 0) is 0 Å². The van der Waals surface area contributed by atoms with Gasteiger partial charge in [0.05, 0.1) is 11.6 Å². The van der Waals surface area contributed by atoms with Gasteiger partial charge in [-0.3, -0.25) is 4.79 Å². The highest BCUT2D eigenvalue weighted by molar-refractivity contribution is 5.92. The summed E-state index contributed by atoms with van der Waals surface area (Å²) in [7, 11) is 2.16. The second-order valence-corrected chi connectivity index (χ2v) is 6.53. The SMILES string of the molecule is CC(CC1CCCCN1C)Nc1cc(F)cc2c(=O)[nH]ncc12. The second kappa shape index (κ2) is 6.66. The molecule has 0 amide bonds. The van der Waals surface area contributed by atoms with E-state index < -0.39 is 5.82 Å². The number of aromatic nitrogens is 2. The number of H-pyrrole nitrogens is 1. The summed E-state index contributed by atoms with van der Waals surface area (Å²) in [6.07, 6.45) is 6.29. The number of aromatic amines is 1. The summed E-state index contributed by atoms with van der Waals surface area (Å²) in [5, 5.41) is 10.5. The first-order chi connectivity index (χ1) is 11.0. The fraction of sp³-hybridized carbons (Fsp3) is 0.529. The molecule has 2 N–H and O–H groups in total. The van der Waals surface area contributed by atoms with E-state index in [2.05, 4.69) is 34.4 Å². The van der Waals surface area contributed by atoms with Gasteiger partial charge in [0.1, 0.15) is 5.82 Å². The topological polar surface area (TPSA) is 61.0 Å². The van der Waals surface area contributed by atoms with Gasteiger partial charge >= 0.3 is 0 Å². The molecule has 0 aliphatic carbocycles. The van der Waals surface area contributed by atoms with Crippen LogP contribution in [0.15, 0.2) is 23.1 Å². The summed E-state index contributed by atoms with van der Waals surface area (Å²) >= 11 is 0. The van der Waals surface area contributed by atoms with Gasteiger partial charge in [-0.05, 0) is 51.9 Å². The molecule has 2 aromatic rings. The van der Waals surface area contributed by atoms with Crippen LogP contribution < -0.4 is 10.9 Å². The molecule has 2 heterocycles. The van der Waals surface area contributed by atoms with Crippen LogP contribution in [0.5, 0.6) is 0 Å². The molecule has 3 rings (SSSR count). The van der Waals surface area contributed by atoms with Crippen molar-refractivity contribution in [2.45, 2.75) is 44.7 Å². The van der Waals surface area contributed by atoms with E-state index in [0.717, 1.165) is 13.0 Å². The molecule has 0 saturated carbocycles. The van der Waals surface area contributed by atoms with E-state index in [1.165, 1.54) is 31.4 Å². The minimum Gasteiger partial charge on any atom is -0.382 e. The summed E-state index contributed by atoms with van der Waals surface area (Å²) < 4.78 is 13.8. The first-order valence-corrected chi connectivity index (χ1v) is 8.18. The molecule has 0 bridgehead atoms. The van der Waals surface area contributed by atoms with Crippen molar-refractivity contribution in [3.05, 3.63) is 34.5 Å². The fourth-order valence-corrected chi connectivity index (χ4v) is 3.45. The molecule has 6 heteroatoms. The largest absolute Gasteiger partial charge is 0.382 e. The minimum atomic E-state index is -0.418. The van der Waals surface area contributed by atoms with Crippen molar-refractivity contribution >= 4 is 16.5 Å². The maximum atomic E-state index is 13.8. The van der Waals surface area contributed by atoms with Crippen molar-refractivity contribution in [2.75, 3.05) is 18.9 Å². The Hall–Kier alpha value is -1.95. The molecule has 1 aromatic carbocycles. The Morgan fingerprint density at radius 2 is 2.26 bits per heavy atom. The molecule has 23 heavy (non-hydrogen) atoms. The van der Waals surface area contributed by atoms with E-state index >= 15 is 0 Å². The van der Waals surface area contributed by atoms with Gasteiger partial charge in [0.25, 0.3) is 5.56 Å². The molecule has 1 aliphatic rings. The van der Waals surface area contributed by atoms with E-state index in [1.807, 2.05) is 0 Å². The number of rotatable bonds is 4. The van der Waals surface area contributed by atoms with E-state index in [4.69, 9.17) is 0 Å². The highest BCUT2D eigenvalue weighted by atomic mass is 19.1. The molecular formula is C17H23FN4O. The number of piperidine rings is 1. The van der Waals surface area contributed by atoms with Gasteiger partial charge in [0.15, 0.2) is 0 Å². The van der Waals surface area contributed by atoms with Crippen LogP contribution in [0.25, 0.3) is 10.8 Å². The lowest BCUT2D eigenvalue weighted by molar-refractivity contribution is 0.172. The fourth-order valence-electron chi connectivity index (χ4n) is 3.45. The molecule has 1 saturated heterocycles. The third-order valence-electron chi connectivity index (χ3n) is 4.70. The van der Waals surface area contributed by atoms with Crippen LogP contribution >= 0.6 is 0 Å². The van der Waals surface area contributed by atoms with Crippen molar-refractivity contribution in [1.82, 2.24) is 15.1 Å². The second-order valence-electron chi connectivity index (χ2n) is 6.53. The van der Waals surface area contributed by atoms with Gasteiger partial charge in [-0.15, -0.1) is 0 Å². The zero-order valence-electron chi connectivity index (χ0n) is 13.6. The first kappa shape index (κ1) is 15.9. The van der Waals surface area contributed by atoms with Gasteiger partial charge in [0, 0.05) is 23.2 Å². The van der Waals surface area contributed by atoms with Crippen molar-refractivity contribution in [3.8, 4) is 0 Å². The number of likely N-dealkylation sites (tertiary alicyclic amines) is 1. The lowest BCUT2D eigenvalue weighted by atomic mass is 9.97. The zero-order chi connectivity index (χ0) is 16.4. The standard InChI is InChI=1S/C17H23FN4O/c1-11(7-13-5-3-4-6-22(13)2)20-16-9-12(18)8-14-15(16)10-19-21-17(14)23/h8-11,13,20H,3-7H2,1-2H3,(H,21,23). The number of hydrogen-bond acceptors (Lipinski definition) is 4. The number of hydrogen-bond donors (Lipinski definition) is 2. The molecule has 1 fully saturated rings. The van der Waals surface area contributed by atoms with Crippen LogP contribution in [0, 0.1) is 5.82 Å². The first-order valence-electron chi connectivity index (χ1n) is 8.18. The van der Waals surface area contributed by atoms with Crippen LogP contribution in [0.3, 0.4) is 0 Å². The highest BCUT2D eigenvalue weighted by Crippen LogP contribution is 2.25. The van der Waals surface area contributed by atoms with Crippen molar-refractivity contribution in [3.63, 3.8) is 0 Å². The van der Waals surface area contributed by atoms with Gasteiger partial charge in [-0.25, -0.2) is 9.49 Å². The number of anilines is 1. The Morgan fingerprint density at radius 1 is 1.43 bits per heavy atom. The van der Waals surface area contributed by atoms with Crippen LogP contribution in [0.2, 0.25) is 0 Å². The Labute approximate surface area is 134 Å². The Balaban J connectivity index is 1.80. The lowest BCUT2D eigenvalue weighted by Crippen LogP contribution is -2.39. The van der Waals surface area contributed by atoms with E-state index in [1.54, 1.807) is 6.20 Å². The van der Waals surface area contributed by atoms with Gasteiger partial charge in [-0.2, -0.15) is 5.10 Å². The normalized spacial score (nSPS) is 20.6. The van der Waals surface area contributed by atoms with Crippen molar-refractivity contribution in [1.29, 1.82) is 0 Å². The van der Waals surface area contributed by atoms with Crippen LogP contribution in [0.1, 0.15) is 32.6 Å². The zero-order valence-corrected chi connectivity index (χ0v) is 13.6. The number of nitrogens with zero attached hydrogens (tertiary/aromatic N) is 2. The number of benzene rings is 1. The lowest BCUT2D eigenvalue weighted by Gasteiger charge is -2.34. The predicted octanol–water partition coefficient (Wildman–Crippen LogP) is 2.74. The number of nitrogens with one attached hydrogen (secondary N) is 2. The average Bonchev–Trinajstić information content (AvgIpc) is 2.51. The summed E-state index contributed by atoms with van der Waals surface area (Å²) in [4.78, 5) is 14.2. The summed E-state index contributed by atoms with van der Waals surface area (Å²) in [5.41, 5.74) is 0.259. The maximum absolute atomic E-state index is 13.8. The Morgan fingerprint density at radius 3 is 3.04 bits per heavy atom. The minimum absolute atomic E-state index is 0.185. The smallest absolute Gasteiger partial charge is 0.272 e. The Bertz CT molecular complexity index is 745. The molecule has 5 nitrogen and oxygen atoms in total. The molecular weight excluding hydrogens is 295 g/mol. The highest BCUT2D eigenvalue weighted by Gasteiger charge is 2.21. The van der Waals surface area contributed by atoms with Gasteiger partial charge < -0.3 is 10.2 Å². The monoisotopic (exact) mass is 318 g/mol. The predicted molar refractivity (Wildman–Crippen MR) is 90.3 cm³/mol. The Kier molecular flexibility index (Phi) is 4.61. The molecule has 1 aliphatic heterocycles. The quantitative estimate of drug-likeness (QED) is 0.910. The van der Waals surface area contributed by atoms with Crippen LogP contribution in [-0.4, -0.2) is 40.8 Å². The molecule has 0 radical (unpaired) electrons. The van der Waals surface area contributed by atoms with Crippen LogP contribution in [0.4, 0.5) is 10.1 Å². The van der Waals surface area contributed by atoms with Crippen molar-refractivity contribution < 1.29 is 4.39 Å². The average molecular weight is 318 g/mol. The summed E-state index contributed by atoms with van der Waals surface area (Å²) in [6.45, 7) is 3.24. The molecule has 2 atom stereocenters. The summed E-state index contributed by atoms with van der Waals surface area (Å²) in [5.74, 6) is -0.418. The van der Waals surface area contributed by atoms with E-state index in [-0.39, 0.29) is 11.6 Å². The van der Waals surface area contributed by atoms with Gasteiger partial charge in [0.2, 0.25) is 0 Å². The van der Waals surface area contributed by atoms with Crippen molar-refractivity contribution in [2.24, 2.45) is 0 Å². The molecule has 2 unspecified atom stereocenters. The number of halogens is 1. The van der Waals surface area contributed by atoms with Gasteiger partial charge in [-0.1, -0.05) is 6.42 Å². The summed E-state index contributed by atoms with van der Waals surface area (Å²) in [6, 6.07) is 3.42. The third kappa shape index (κ3) is 3.52. The maximum Gasteiger partial charge on any atom is 0.272 e. The van der Waals surface area contributed by atoms with E-state index in [9.17, 15) is 9.18 Å². The number of fused-ring (bicyclic) bond motifs is 1. The molecule has 0 spiro atoms. The molecule has 124 valence electrons. The third-order valence-corrected chi connectivity index (χ3v) is 4.70. The molecule has 1 aromatic heterocycles. The van der Waals surface area contributed by atoms with E-state index in [0.29, 0.717) is 22.5 Å².